The molecule has 14 heavy (non-hydrogen) atoms. The number of rotatable bonds is 3. The molecule has 0 bridgehead atoms. The molecule has 0 unspecified atom stereocenters. The molecule has 0 amide bonds. The molecule has 4 heteroatoms. The summed E-state index contributed by atoms with van der Waals surface area (Å²) in [6.45, 7) is 5.03. The van der Waals surface area contributed by atoms with E-state index >= 15 is 0 Å². The Kier molecular flexibility index (Phi) is 3.06. The number of carbonyl (C=O) groups excluding carboxylic acids is 2. The summed E-state index contributed by atoms with van der Waals surface area (Å²) < 4.78 is 9.88. The van der Waals surface area contributed by atoms with Crippen LogP contribution in [0.3, 0.4) is 0 Å². The first-order valence-electron chi connectivity index (χ1n) is 4.34. The lowest BCUT2D eigenvalue weighted by molar-refractivity contribution is 0.0524. The Balaban J connectivity index is 2.98. The van der Waals surface area contributed by atoms with Crippen LogP contribution in [0.5, 0.6) is 0 Å². The van der Waals surface area contributed by atoms with Gasteiger partial charge in [0, 0.05) is 13.0 Å². The molecule has 0 fully saturated rings. The molecule has 0 aliphatic rings. The lowest BCUT2D eigenvalue weighted by atomic mass is 10.2. The predicted molar refractivity (Wildman–Crippen MR) is 49.4 cm³/mol. The summed E-state index contributed by atoms with van der Waals surface area (Å²) >= 11 is 0. The van der Waals surface area contributed by atoms with Crippen LogP contribution in [-0.4, -0.2) is 18.4 Å². The molecule has 0 saturated carbocycles. The first-order valence-corrected chi connectivity index (χ1v) is 4.34. The average Bonchev–Trinajstić information content (AvgIpc) is 2.48. The number of aryl methyl sites for hydroxylation is 1. The third-order valence-electron chi connectivity index (χ3n) is 1.76. The van der Waals surface area contributed by atoms with E-state index < -0.39 is 5.97 Å². The van der Waals surface area contributed by atoms with Gasteiger partial charge in [-0.2, -0.15) is 0 Å². The average molecular weight is 196 g/mol. The van der Waals surface area contributed by atoms with E-state index in [4.69, 9.17) is 9.15 Å². The number of hydrogen-bond donors (Lipinski definition) is 0. The maximum atomic E-state index is 11.3. The highest BCUT2D eigenvalue weighted by molar-refractivity contribution is 5.96. The largest absolute Gasteiger partial charge is 0.462 e. The molecule has 1 aromatic rings. The highest BCUT2D eigenvalue weighted by Crippen LogP contribution is 2.16. The van der Waals surface area contributed by atoms with E-state index in [1.807, 2.05) is 0 Å². The van der Waals surface area contributed by atoms with Crippen molar-refractivity contribution in [1.82, 2.24) is 0 Å². The smallest absolute Gasteiger partial charge is 0.341 e. The highest BCUT2D eigenvalue weighted by Gasteiger charge is 2.17. The van der Waals surface area contributed by atoms with Crippen molar-refractivity contribution in [1.29, 1.82) is 0 Å². The summed E-state index contributed by atoms with van der Waals surface area (Å²) in [4.78, 5) is 22.3. The Morgan fingerprint density at radius 1 is 1.50 bits per heavy atom. The zero-order chi connectivity index (χ0) is 10.7. The second-order valence-electron chi connectivity index (χ2n) is 2.86. The molecular weight excluding hydrogens is 184 g/mol. The molecule has 0 N–H and O–H groups in total. The second-order valence-corrected chi connectivity index (χ2v) is 2.86. The first kappa shape index (κ1) is 10.5. The normalized spacial score (nSPS) is 9.93. The molecule has 4 nitrogen and oxygen atoms in total. The van der Waals surface area contributed by atoms with Gasteiger partial charge in [-0.15, -0.1) is 0 Å². The van der Waals surface area contributed by atoms with E-state index in [9.17, 15) is 9.59 Å². The quantitative estimate of drug-likeness (QED) is 0.547. The summed E-state index contributed by atoms with van der Waals surface area (Å²) in [5.74, 6) is -0.0656. The number of carbonyl (C=O) groups is 2. The zero-order valence-electron chi connectivity index (χ0n) is 8.42. The van der Waals surface area contributed by atoms with Crippen LogP contribution in [0.4, 0.5) is 0 Å². The van der Waals surface area contributed by atoms with Gasteiger partial charge in [-0.25, -0.2) is 4.79 Å². The molecule has 0 aliphatic carbocycles. The Labute approximate surface area is 81.9 Å². The molecule has 1 heterocycles. The first-order chi connectivity index (χ1) is 6.56. The zero-order valence-corrected chi connectivity index (χ0v) is 8.42. The van der Waals surface area contributed by atoms with Gasteiger partial charge in [-0.3, -0.25) is 4.79 Å². The third kappa shape index (κ3) is 2.02. The summed E-state index contributed by atoms with van der Waals surface area (Å²) in [7, 11) is 0. The van der Waals surface area contributed by atoms with Gasteiger partial charge in [-0.1, -0.05) is 0 Å². The SMILES string of the molecule is CCOC(=O)c1cc(C(C)=O)oc1C. The summed E-state index contributed by atoms with van der Waals surface area (Å²) in [5, 5.41) is 0. The van der Waals surface area contributed by atoms with Crippen molar-refractivity contribution in [2.45, 2.75) is 20.8 Å². The van der Waals surface area contributed by atoms with Crippen molar-refractivity contribution in [3.8, 4) is 0 Å². The Bertz CT molecular complexity index is 362. The Hall–Kier alpha value is -1.58. The fourth-order valence-electron chi connectivity index (χ4n) is 1.07. The molecule has 1 aromatic heterocycles. The minimum Gasteiger partial charge on any atom is -0.462 e. The topological polar surface area (TPSA) is 56.5 Å². The number of hydrogen-bond acceptors (Lipinski definition) is 4. The van der Waals surface area contributed by atoms with Gasteiger partial charge in [0.05, 0.1) is 6.61 Å². The molecule has 76 valence electrons. The predicted octanol–water partition coefficient (Wildman–Crippen LogP) is 1.97. The molecule has 0 aromatic carbocycles. The number of ketones is 1. The van der Waals surface area contributed by atoms with Crippen molar-refractivity contribution in [3.05, 3.63) is 23.2 Å². The van der Waals surface area contributed by atoms with Gasteiger partial charge in [0.1, 0.15) is 11.3 Å². The lowest BCUT2D eigenvalue weighted by Gasteiger charge is -1.97. The van der Waals surface area contributed by atoms with E-state index in [1.165, 1.54) is 13.0 Å². The number of furan rings is 1. The van der Waals surface area contributed by atoms with Gasteiger partial charge >= 0.3 is 5.97 Å². The van der Waals surface area contributed by atoms with Gasteiger partial charge in [-0.05, 0) is 13.8 Å². The van der Waals surface area contributed by atoms with Gasteiger partial charge in [0.25, 0.3) is 0 Å². The summed E-state index contributed by atoms with van der Waals surface area (Å²) in [6.07, 6.45) is 0. The van der Waals surface area contributed by atoms with Crippen LogP contribution in [0.2, 0.25) is 0 Å². The van der Waals surface area contributed by atoms with Crippen molar-refractivity contribution in [2.75, 3.05) is 6.61 Å². The molecule has 0 spiro atoms. The third-order valence-corrected chi connectivity index (χ3v) is 1.76. The van der Waals surface area contributed by atoms with E-state index in [2.05, 4.69) is 0 Å². The molecule has 0 saturated heterocycles. The van der Waals surface area contributed by atoms with E-state index in [1.54, 1.807) is 13.8 Å². The molecule has 0 atom stereocenters. The Morgan fingerprint density at radius 2 is 2.14 bits per heavy atom. The van der Waals surface area contributed by atoms with E-state index in [0.29, 0.717) is 17.9 Å². The van der Waals surface area contributed by atoms with E-state index in [0.717, 1.165) is 0 Å². The summed E-state index contributed by atoms with van der Waals surface area (Å²) in [5.41, 5.74) is 0.317. The second kappa shape index (κ2) is 4.09. The maximum absolute atomic E-state index is 11.3. The van der Waals surface area contributed by atoms with Crippen molar-refractivity contribution >= 4 is 11.8 Å². The number of Topliss-reactive ketones (excluding diaryl/α,β-unsaturated/α-hetero) is 1. The molecular formula is C10H12O4. The van der Waals surface area contributed by atoms with Crippen LogP contribution in [0.1, 0.15) is 40.5 Å². The van der Waals surface area contributed by atoms with Gasteiger partial charge < -0.3 is 9.15 Å². The lowest BCUT2D eigenvalue weighted by Crippen LogP contribution is -2.04. The fourth-order valence-corrected chi connectivity index (χ4v) is 1.07. The van der Waals surface area contributed by atoms with Gasteiger partial charge in [0.2, 0.25) is 0 Å². The van der Waals surface area contributed by atoms with Crippen LogP contribution in [0, 0.1) is 6.92 Å². The number of ether oxygens (including phenoxy) is 1. The standard InChI is InChI=1S/C10H12O4/c1-4-13-10(12)8-5-9(6(2)11)14-7(8)3/h5H,4H2,1-3H3. The monoisotopic (exact) mass is 196 g/mol. The summed E-state index contributed by atoms with van der Waals surface area (Å²) in [6, 6.07) is 1.41. The van der Waals surface area contributed by atoms with Crippen LogP contribution in [0.15, 0.2) is 10.5 Å². The highest BCUT2D eigenvalue weighted by atomic mass is 16.5. The number of esters is 1. The fraction of sp³-hybridized carbons (Fsp3) is 0.400. The van der Waals surface area contributed by atoms with Crippen LogP contribution < -0.4 is 0 Å². The molecule has 1 rings (SSSR count). The molecule has 0 aliphatic heterocycles. The Morgan fingerprint density at radius 3 is 2.57 bits per heavy atom. The maximum Gasteiger partial charge on any atom is 0.341 e. The van der Waals surface area contributed by atoms with Crippen LogP contribution in [0.25, 0.3) is 0 Å². The molecule has 0 radical (unpaired) electrons. The minimum absolute atomic E-state index is 0.186. The van der Waals surface area contributed by atoms with Gasteiger partial charge in [0.15, 0.2) is 11.5 Å². The van der Waals surface area contributed by atoms with Crippen LogP contribution in [-0.2, 0) is 4.74 Å². The van der Waals surface area contributed by atoms with Crippen molar-refractivity contribution < 1.29 is 18.7 Å². The van der Waals surface area contributed by atoms with Crippen molar-refractivity contribution in [3.63, 3.8) is 0 Å². The minimum atomic E-state index is -0.457. The van der Waals surface area contributed by atoms with Crippen LogP contribution >= 0.6 is 0 Å². The van der Waals surface area contributed by atoms with E-state index in [-0.39, 0.29) is 11.5 Å². The van der Waals surface area contributed by atoms with Crippen molar-refractivity contribution in [2.24, 2.45) is 0 Å².